The van der Waals surface area contributed by atoms with Crippen molar-refractivity contribution >= 4 is 40.2 Å². The second kappa shape index (κ2) is 8.21. The van der Waals surface area contributed by atoms with E-state index in [1.807, 2.05) is 20.8 Å². The maximum absolute atomic E-state index is 12.4. The van der Waals surface area contributed by atoms with E-state index in [9.17, 15) is 9.59 Å². The number of alkyl halides is 2. The standard InChI is InChI=1S/C17H34INO5S/c1-16(2,3)24-15(21)19-10-13(18(12-19)14(20)22-7)11-23-25(8,9)17(4,5)6/h13H,10-12H2,1-9H3/t13-/m1/s1. The van der Waals surface area contributed by atoms with Gasteiger partial charge < -0.3 is 0 Å². The van der Waals surface area contributed by atoms with Gasteiger partial charge in [0.05, 0.1) is 0 Å². The third-order valence-electron chi connectivity index (χ3n) is 4.09. The van der Waals surface area contributed by atoms with E-state index in [0.717, 1.165) is 0 Å². The van der Waals surface area contributed by atoms with E-state index in [2.05, 4.69) is 33.3 Å². The van der Waals surface area contributed by atoms with E-state index in [0.29, 0.717) is 17.7 Å². The fourth-order valence-electron chi connectivity index (χ4n) is 1.90. The van der Waals surface area contributed by atoms with Crippen LogP contribution in [-0.2, 0) is 13.7 Å². The molecule has 0 aromatic heterocycles. The molecule has 0 aliphatic carbocycles. The first kappa shape index (κ1) is 22.8. The van der Waals surface area contributed by atoms with Gasteiger partial charge in [-0.2, -0.15) is 0 Å². The fourth-order valence-corrected chi connectivity index (χ4v) is 8.13. The molecule has 0 bridgehead atoms. The monoisotopic (exact) mass is 491 g/mol. The van der Waals surface area contributed by atoms with Crippen molar-refractivity contribution in [3.05, 3.63) is 0 Å². The van der Waals surface area contributed by atoms with E-state index < -0.39 is 35.7 Å². The zero-order chi connectivity index (χ0) is 19.6. The summed E-state index contributed by atoms with van der Waals surface area (Å²) in [5.74, 6) is 0. The topological polar surface area (TPSA) is 65.1 Å². The van der Waals surface area contributed by atoms with Crippen molar-refractivity contribution in [2.45, 2.75) is 55.8 Å². The molecule has 1 saturated heterocycles. The van der Waals surface area contributed by atoms with Crippen LogP contribution in [0, 0.1) is 0 Å². The number of rotatable bonds is 4. The summed E-state index contributed by atoms with van der Waals surface area (Å²) in [5.41, 5.74) is -0.547. The fraction of sp³-hybridized carbons (Fsp3) is 0.882. The number of ether oxygens (including phenoxy) is 2. The Balaban J connectivity index is 2.82. The predicted octanol–water partition coefficient (Wildman–Crippen LogP) is 4.63. The van der Waals surface area contributed by atoms with Gasteiger partial charge in [0.25, 0.3) is 0 Å². The Morgan fingerprint density at radius 2 is 1.72 bits per heavy atom. The molecular formula is C17H34INO5S. The summed E-state index contributed by atoms with van der Waals surface area (Å²) in [7, 11) is 0.146. The van der Waals surface area contributed by atoms with Crippen molar-refractivity contribution in [1.82, 2.24) is 4.90 Å². The molecule has 1 aliphatic rings. The second-order valence-corrected chi connectivity index (χ2v) is 17.9. The van der Waals surface area contributed by atoms with Crippen LogP contribution in [0.3, 0.4) is 0 Å². The summed E-state index contributed by atoms with van der Waals surface area (Å²) in [6.45, 7) is 13.0. The van der Waals surface area contributed by atoms with Crippen LogP contribution in [0.15, 0.2) is 0 Å². The van der Waals surface area contributed by atoms with Crippen molar-refractivity contribution in [3.8, 4) is 0 Å². The minimum absolute atomic E-state index is 0.0563. The van der Waals surface area contributed by atoms with Crippen LogP contribution in [0.25, 0.3) is 0 Å². The molecule has 8 heteroatoms. The molecule has 1 amide bonds. The van der Waals surface area contributed by atoms with Crippen LogP contribution < -0.4 is 0 Å². The van der Waals surface area contributed by atoms with Gasteiger partial charge in [-0.05, 0) is 0 Å². The first-order valence-corrected chi connectivity index (χ1v) is 14.5. The Hall–Kier alpha value is -0.220. The molecule has 1 atom stereocenters. The first-order chi connectivity index (χ1) is 11.2. The Morgan fingerprint density at radius 1 is 1.16 bits per heavy atom. The molecule has 0 radical (unpaired) electrons. The van der Waals surface area contributed by atoms with E-state index in [1.54, 1.807) is 4.90 Å². The van der Waals surface area contributed by atoms with Crippen LogP contribution in [0.4, 0.5) is 9.59 Å². The van der Waals surface area contributed by atoms with Gasteiger partial charge in [-0.25, -0.2) is 0 Å². The Labute approximate surface area is 161 Å². The molecule has 1 aliphatic heterocycles. The molecule has 6 nitrogen and oxygen atoms in total. The van der Waals surface area contributed by atoms with Crippen molar-refractivity contribution in [1.29, 1.82) is 0 Å². The molecule has 25 heavy (non-hydrogen) atoms. The molecule has 0 unspecified atom stereocenters. The van der Waals surface area contributed by atoms with Gasteiger partial charge in [-0.15, -0.1) is 0 Å². The normalized spacial score (nSPS) is 21.2. The van der Waals surface area contributed by atoms with Gasteiger partial charge in [0, 0.05) is 0 Å². The molecule has 150 valence electrons. The number of carbonyl (C=O) groups is 2. The van der Waals surface area contributed by atoms with E-state index in [4.69, 9.17) is 13.7 Å². The first-order valence-electron chi connectivity index (χ1n) is 8.25. The number of halogens is 1. The van der Waals surface area contributed by atoms with Gasteiger partial charge in [0.1, 0.15) is 0 Å². The molecule has 1 fully saturated rings. The third kappa shape index (κ3) is 6.46. The van der Waals surface area contributed by atoms with Crippen LogP contribution in [0.2, 0.25) is 0 Å². The zero-order valence-electron chi connectivity index (χ0n) is 17.0. The Kier molecular flexibility index (Phi) is 7.49. The molecule has 0 spiro atoms. The average Bonchev–Trinajstić information content (AvgIpc) is 2.85. The summed E-state index contributed by atoms with van der Waals surface area (Å²) in [6, 6.07) is 0. The van der Waals surface area contributed by atoms with Crippen LogP contribution in [0.5, 0.6) is 0 Å². The molecule has 0 saturated carbocycles. The van der Waals surface area contributed by atoms with E-state index in [-0.39, 0.29) is 18.7 Å². The van der Waals surface area contributed by atoms with Crippen LogP contribution in [0.1, 0.15) is 41.5 Å². The number of methoxy groups -OCH3 is 1. The Morgan fingerprint density at radius 3 is 2.16 bits per heavy atom. The van der Waals surface area contributed by atoms with Crippen molar-refractivity contribution in [3.63, 3.8) is 0 Å². The molecule has 0 aromatic carbocycles. The maximum atomic E-state index is 12.4. The third-order valence-corrected chi connectivity index (χ3v) is 13.8. The van der Waals surface area contributed by atoms with Crippen LogP contribution >= 0.6 is 30.1 Å². The second-order valence-electron chi connectivity index (χ2n) is 8.39. The van der Waals surface area contributed by atoms with Gasteiger partial charge >= 0.3 is 161 Å². The molecule has 0 aromatic rings. The van der Waals surface area contributed by atoms with Gasteiger partial charge in [0.15, 0.2) is 0 Å². The SMILES string of the molecule is COC(=O)I1CN(C(=O)OC(C)(C)C)C[C@@H]1COS(C)(C)C(C)(C)C. The van der Waals surface area contributed by atoms with Crippen molar-refractivity contribution in [2.24, 2.45) is 0 Å². The molecular weight excluding hydrogens is 457 g/mol. The van der Waals surface area contributed by atoms with Crippen molar-refractivity contribution in [2.75, 3.05) is 37.3 Å². The summed E-state index contributed by atoms with van der Waals surface area (Å²) in [5, 5.41) is 0. The molecule has 0 N–H and O–H groups in total. The number of hydrogen-bond acceptors (Lipinski definition) is 5. The number of nitrogens with zero attached hydrogens (tertiary/aromatic N) is 1. The quantitative estimate of drug-likeness (QED) is 0.248. The van der Waals surface area contributed by atoms with Gasteiger partial charge in [-0.3, -0.25) is 0 Å². The van der Waals surface area contributed by atoms with E-state index >= 15 is 0 Å². The number of hydrogen-bond donors (Lipinski definition) is 0. The van der Waals surface area contributed by atoms with E-state index in [1.165, 1.54) is 7.11 Å². The summed E-state index contributed by atoms with van der Waals surface area (Å²) >= 11 is -2.17. The van der Waals surface area contributed by atoms with Crippen molar-refractivity contribution < 1.29 is 23.2 Å². The zero-order valence-corrected chi connectivity index (χ0v) is 19.9. The van der Waals surface area contributed by atoms with Crippen LogP contribution in [-0.4, -0.2) is 66.6 Å². The number of amides is 1. The minimum atomic E-state index is -2.17. The molecule has 1 rings (SSSR count). The summed E-state index contributed by atoms with van der Waals surface area (Å²) in [4.78, 5) is 26.2. The predicted molar refractivity (Wildman–Crippen MR) is 113 cm³/mol. The van der Waals surface area contributed by atoms with Gasteiger partial charge in [-0.1, -0.05) is 0 Å². The molecule has 1 heterocycles. The van der Waals surface area contributed by atoms with Gasteiger partial charge in [0.2, 0.25) is 0 Å². The Bertz CT molecular complexity index is 498. The number of carbonyl (C=O) groups excluding carboxylic acids is 2. The summed E-state index contributed by atoms with van der Waals surface area (Å²) < 4.78 is 17.2. The summed E-state index contributed by atoms with van der Waals surface area (Å²) in [6.07, 6.45) is 3.93. The average molecular weight is 491 g/mol.